The maximum Gasteiger partial charge on any atom is 0.261 e. The Kier molecular flexibility index (Phi) is 3.76. The van der Waals surface area contributed by atoms with Crippen LogP contribution in [0, 0.1) is 6.92 Å². The fourth-order valence-electron chi connectivity index (χ4n) is 1.74. The molecule has 0 fully saturated rings. The molecule has 0 aliphatic carbocycles. The van der Waals surface area contributed by atoms with Crippen LogP contribution in [0.15, 0.2) is 6.33 Å². The molecule has 0 bridgehead atoms. The lowest BCUT2D eigenvalue weighted by Crippen LogP contribution is -2.22. The molecule has 1 N–H and O–H groups in total. The standard InChI is InChI=1S/C12H15N3O2S/c1-4-13-10(16)9-7(3)8-11(17-5-2)14-6-15-12(8)18-9/h6H,4-5H2,1-3H3,(H,13,16). The maximum absolute atomic E-state index is 11.9. The van der Waals surface area contributed by atoms with E-state index in [1.54, 1.807) is 0 Å². The summed E-state index contributed by atoms with van der Waals surface area (Å²) in [7, 11) is 0. The molecule has 0 aliphatic rings. The Hall–Kier alpha value is -1.69. The van der Waals surface area contributed by atoms with E-state index in [9.17, 15) is 4.79 Å². The average molecular weight is 265 g/mol. The molecule has 0 aliphatic heterocycles. The predicted octanol–water partition coefficient (Wildman–Crippen LogP) is 2.15. The van der Waals surface area contributed by atoms with Gasteiger partial charge in [0.2, 0.25) is 5.88 Å². The van der Waals surface area contributed by atoms with Gasteiger partial charge in [-0.2, -0.15) is 0 Å². The second-order valence-electron chi connectivity index (χ2n) is 3.71. The zero-order chi connectivity index (χ0) is 13.1. The first-order valence-corrected chi connectivity index (χ1v) is 6.65. The Morgan fingerprint density at radius 2 is 2.22 bits per heavy atom. The Morgan fingerprint density at radius 1 is 1.44 bits per heavy atom. The van der Waals surface area contributed by atoms with E-state index >= 15 is 0 Å². The van der Waals surface area contributed by atoms with Crippen molar-refractivity contribution in [3.8, 4) is 5.88 Å². The van der Waals surface area contributed by atoms with E-state index in [-0.39, 0.29) is 5.91 Å². The van der Waals surface area contributed by atoms with E-state index in [0.29, 0.717) is 23.9 Å². The molecule has 2 rings (SSSR count). The third-order valence-corrected chi connectivity index (χ3v) is 3.72. The third-order valence-electron chi connectivity index (χ3n) is 2.52. The van der Waals surface area contributed by atoms with E-state index in [0.717, 1.165) is 15.8 Å². The number of hydrogen-bond acceptors (Lipinski definition) is 5. The van der Waals surface area contributed by atoms with E-state index in [1.807, 2.05) is 20.8 Å². The SMILES string of the molecule is CCNC(=O)c1sc2ncnc(OCC)c2c1C. The number of carbonyl (C=O) groups excluding carboxylic acids is 1. The first kappa shape index (κ1) is 12.8. The van der Waals surface area contributed by atoms with Gasteiger partial charge in [-0.15, -0.1) is 11.3 Å². The lowest BCUT2D eigenvalue weighted by atomic mass is 10.2. The summed E-state index contributed by atoms with van der Waals surface area (Å²) in [6.45, 7) is 6.84. The Morgan fingerprint density at radius 3 is 2.89 bits per heavy atom. The minimum atomic E-state index is -0.0690. The van der Waals surface area contributed by atoms with Gasteiger partial charge in [0.25, 0.3) is 5.91 Å². The van der Waals surface area contributed by atoms with Crippen LogP contribution >= 0.6 is 11.3 Å². The van der Waals surface area contributed by atoms with Gasteiger partial charge in [0.1, 0.15) is 11.2 Å². The van der Waals surface area contributed by atoms with Gasteiger partial charge < -0.3 is 10.1 Å². The van der Waals surface area contributed by atoms with Crippen LogP contribution in [-0.2, 0) is 0 Å². The molecule has 0 radical (unpaired) electrons. The number of thiophene rings is 1. The molecule has 6 heteroatoms. The van der Waals surface area contributed by atoms with Crippen LogP contribution < -0.4 is 10.1 Å². The van der Waals surface area contributed by atoms with Crippen molar-refractivity contribution in [2.45, 2.75) is 20.8 Å². The monoisotopic (exact) mass is 265 g/mol. The molecule has 0 saturated heterocycles. The van der Waals surface area contributed by atoms with Gasteiger partial charge in [-0.25, -0.2) is 9.97 Å². The van der Waals surface area contributed by atoms with E-state index in [2.05, 4.69) is 15.3 Å². The summed E-state index contributed by atoms with van der Waals surface area (Å²) in [5, 5.41) is 3.64. The van der Waals surface area contributed by atoms with E-state index < -0.39 is 0 Å². The van der Waals surface area contributed by atoms with Crippen LogP contribution in [0.4, 0.5) is 0 Å². The molecule has 0 spiro atoms. The number of fused-ring (bicyclic) bond motifs is 1. The fourth-order valence-corrected chi connectivity index (χ4v) is 2.80. The molecular formula is C12H15N3O2S. The van der Waals surface area contributed by atoms with Crippen molar-refractivity contribution in [1.29, 1.82) is 0 Å². The van der Waals surface area contributed by atoms with Crippen molar-refractivity contribution in [3.63, 3.8) is 0 Å². The molecule has 2 aromatic rings. The van der Waals surface area contributed by atoms with Gasteiger partial charge in [-0.1, -0.05) is 0 Å². The summed E-state index contributed by atoms with van der Waals surface area (Å²) < 4.78 is 5.48. The number of carbonyl (C=O) groups is 1. The third kappa shape index (κ3) is 2.15. The van der Waals surface area contributed by atoms with Gasteiger partial charge >= 0.3 is 0 Å². The molecule has 0 atom stereocenters. The molecular weight excluding hydrogens is 250 g/mol. The topological polar surface area (TPSA) is 64.1 Å². The molecule has 0 unspecified atom stereocenters. The quantitative estimate of drug-likeness (QED) is 0.920. The van der Waals surface area contributed by atoms with Gasteiger partial charge in [0, 0.05) is 6.54 Å². The summed E-state index contributed by atoms with van der Waals surface area (Å²) in [6, 6.07) is 0. The second kappa shape index (κ2) is 5.30. The molecule has 0 saturated carbocycles. The highest BCUT2D eigenvalue weighted by Crippen LogP contribution is 2.34. The van der Waals surface area contributed by atoms with Crippen LogP contribution in [0.5, 0.6) is 5.88 Å². The van der Waals surface area contributed by atoms with E-state index in [4.69, 9.17) is 4.74 Å². The average Bonchev–Trinajstić information content (AvgIpc) is 2.69. The molecule has 96 valence electrons. The maximum atomic E-state index is 11.9. The lowest BCUT2D eigenvalue weighted by molar-refractivity contribution is 0.0959. The summed E-state index contributed by atoms with van der Waals surface area (Å²) in [5.41, 5.74) is 0.880. The predicted molar refractivity (Wildman–Crippen MR) is 71.3 cm³/mol. The number of rotatable bonds is 4. The molecule has 5 nitrogen and oxygen atoms in total. The minimum absolute atomic E-state index is 0.0690. The number of aryl methyl sites for hydroxylation is 1. The smallest absolute Gasteiger partial charge is 0.261 e. The zero-order valence-electron chi connectivity index (χ0n) is 10.6. The summed E-state index contributed by atoms with van der Waals surface area (Å²) in [6.07, 6.45) is 1.46. The molecule has 2 aromatic heterocycles. The van der Waals surface area contributed by atoms with Crippen LogP contribution in [0.2, 0.25) is 0 Å². The summed E-state index contributed by atoms with van der Waals surface area (Å²) in [5.74, 6) is 0.479. The fraction of sp³-hybridized carbons (Fsp3) is 0.417. The number of nitrogens with zero attached hydrogens (tertiary/aromatic N) is 2. The first-order chi connectivity index (χ1) is 8.69. The van der Waals surface area contributed by atoms with Crippen molar-refractivity contribution in [1.82, 2.24) is 15.3 Å². The number of aromatic nitrogens is 2. The Balaban J connectivity index is 2.56. The molecule has 18 heavy (non-hydrogen) atoms. The number of nitrogens with one attached hydrogen (secondary N) is 1. The van der Waals surface area contributed by atoms with Crippen LogP contribution in [0.25, 0.3) is 10.2 Å². The highest BCUT2D eigenvalue weighted by molar-refractivity contribution is 7.20. The highest BCUT2D eigenvalue weighted by atomic mass is 32.1. The number of hydrogen-bond donors (Lipinski definition) is 1. The second-order valence-corrected chi connectivity index (χ2v) is 4.71. The van der Waals surface area contributed by atoms with Crippen LogP contribution in [0.3, 0.4) is 0 Å². The molecule has 2 heterocycles. The normalized spacial score (nSPS) is 10.6. The van der Waals surface area contributed by atoms with Crippen molar-refractivity contribution in [2.75, 3.05) is 13.2 Å². The zero-order valence-corrected chi connectivity index (χ0v) is 11.4. The molecule has 0 aromatic carbocycles. The number of amides is 1. The lowest BCUT2D eigenvalue weighted by Gasteiger charge is -2.03. The van der Waals surface area contributed by atoms with E-state index in [1.165, 1.54) is 17.7 Å². The van der Waals surface area contributed by atoms with Gasteiger partial charge in [0.15, 0.2) is 0 Å². The van der Waals surface area contributed by atoms with Crippen LogP contribution in [-0.4, -0.2) is 29.0 Å². The molecule has 1 amide bonds. The highest BCUT2D eigenvalue weighted by Gasteiger charge is 2.19. The van der Waals surface area contributed by atoms with Gasteiger partial charge in [-0.05, 0) is 26.3 Å². The van der Waals surface area contributed by atoms with Crippen molar-refractivity contribution < 1.29 is 9.53 Å². The Bertz CT molecular complexity index is 580. The minimum Gasteiger partial charge on any atom is -0.477 e. The summed E-state index contributed by atoms with van der Waals surface area (Å²) in [4.78, 5) is 21.7. The number of ether oxygens (including phenoxy) is 1. The largest absolute Gasteiger partial charge is 0.477 e. The van der Waals surface area contributed by atoms with Crippen LogP contribution in [0.1, 0.15) is 29.1 Å². The van der Waals surface area contributed by atoms with Gasteiger partial charge in [0.05, 0.1) is 16.9 Å². The van der Waals surface area contributed by atoms with Crippen molar-refractivity contribution in [2.24, 2.45) is 0 Å². The van der Waals surface area contributed by atoms with Gasteiger partial charge in [-0.3, -0.25) is 4.79 Å². The Labute approximate surface area is 109 Å². The summed E-state index contributed by atoms with van der Waals surface area (Å²) >= 11 is 1.37. The van der Waals surface area contributed by atoms with Crippen molar-refractivity contribution in [3.05, 3.63) is 16.8 Å². The van der Waals surface area contributed by atoms with Crippen molar-refractivity contribution >= 4 is 27.5 Å². The first-order valence-electron chi connectivity index (χ1n) is 5.84.